The van der Waals surface area contributed by atoms with Gasteiger partial charge in [0.2, 0.25) is 0 Å². The lowest BCUT2D eigenvalue weighted by molar-refractivity contribution is -0.137. The summed E-state index contributed by atoms with van der Waals surface area (Å²) in [4.78, 5) is 31.1. The van der Waals surface area contributed by atoms with Gasteiger partial charge in [-0.1, -0.05) is 72.8 Å². The number of ether oxygens (including phenoxy) is 1. The Bertz CT molecular complexity index is 2740. The van der Waals surface area contributed by atoms with Crippen LogP contribution in [0.1, 0.15) is 43.0 Å². The van der Waals surface area contributed by atoms with Crippen LogP contribution in [0, 0.1) is 0 Å². The molecule has 18 heteroatoms. The lowest BCUT2D eigenvalue weighted by atomic mass is 10.1. The number of anilines is 2. The molecule has 0 saturated heterocycles. The van der Waals surface area contributed by atoms with E-state index in [1.54, 1.807) is 112 Å². The first-order valence-electron chi connectivity index (χ1n) is 18.6. The molecule has 12 nitrogen and oxygen atoms in total. The van der Waals surface area contributed by atoms with E-state index in [1.165, 1.54) is 15.5 Å². The number of carbonyl (C=O) groups is 1. The van der Waals surface area contributed by atoms with Crippen LogP contribution in [0.2, 0.25) is 0 Å². The van der Waals surface area contributed by atoms with E-state index >= 15 is 0 Å². The fraction of sp³-hybridized carbons (Fsp3) is 0.186. The fourth-order valence-corrected chi connectivity index (χ4v) is 6.07. The zero-order chi connectivity index (χ0) is 43.4. The van der Waals surface area contributed by atoms with Crippen LogP contribution in [-0.4, -0.2) is 50.9 Å². The Kier molecular flexibility index (Phi) is 11.7. The van der Waals surface area contributed by atoms with Gasteiger partial charge in [-0.2, -0.15) is 45.6 Å². The van der Waals surface area contributed by atoms with Gasteiger partial charge in [-0.3, -0.25) is 14.9 Å². The number of fused-ring (bicyclic) bond motifs is 2. The Labute approximate surface area is 344 Å². The van der Waals surface area contributed by atoms with E-state index in [0.717, 1.165) is 21.8 Å². The minimum absolute atomic E-state index is 0.00267. The summed E-state index contributed by atoms with van der Waals surface area (Å²) in [7, 11) is 0. The third kappa shape index (κ3) is 9.92. The SMILES string of the molecule is CC(C)(C)OC(=O)N(Cc1cccnc1)c1cc(-c2ccccc2)nc2c(C(F)(F)F)cnn12.FC(F)(F)c1cnn2c(NCc3cccnc3)cc(-c3ccccc3)nc12. The molecule has 0 saturated carbocycles. The van der Waals surface area contributed by atoms with Crippen molar-refractivity contribution in [3.8, 4) is 22.5 Å². The Morgan fingerprint density at radius 2 is 1.16 bits per heavy atom. The van der Waals surface area contributed by atoms with Crippen molar-refractivity contribution < 1.29 is 35.9 Å². The number of carbonyl (C=O) groups excluding carboxylic acids is 1. The molecule has 0 aliphatic heterocycles. The van der Waals surface area contributed by atoms with E-state index in [-0.39, 0.29) is 23.7 Å². The van der Waals surface area contributed by atoms with Crippen LogP contribution < -0.4 is 10.2 Å². The van der Waals surface area contributed by atoms with Gasteiger partial charge in [0.05, 0.1) is 30.3 Å². The average Bonchev–Trinajstić information content (AvgIpc) is 3.89. The molecular formula is C43H36F6N10O2. The summed E-state index contributed by atoms with van der Waals surface area (Å²) in [5.74, 6) is 0.496. The number of pyridine rings is 2. The molecule has 312 valence electrons. The van der Waals surface area contributed by atoms with Gasteiger partial charge in [0.1, 0.15) is 28.4 Å². The predicted molar refractivity (Wildman–Crippen MR) is 215 cm³/mol. The van der Waals surface area contributed by atoms with Crippen molar-refractivity contribution in [1.82, 2.24) is 39.2 Å². The molecule has 8 rings (SSSR count). The highest BCUT2D eigenvalue weighted by atomic mass is 19.4. The number of alkyl halides is 6. The maximum atomic E-state index is 13.7. The molecule has 1 N–H and O–H groups in total. The zero-order valence-corrected chi connectivity index (χ0v) is 32.7. The van der Waals surface area contributed by atoms with Gasteiger partial charge in [-0.15, -0.1) is 0 Å². The van der Waals surface area contributed by atoms with Crippen molar-refractivity contribution in [3.05, 3.63) is 156 Å². The number of rotatable bonds is 8. The molecule has 0 spiro atoms. The van der Waals surface area contributed by atoms with Crippen LogP contribution >= 0.6 is 0 Å². The Morgan fingerprint density at radius 1 is 0.656 bits per heavy atom. The van der Waals surface area contributed by atoms with Crippen molar-refractivity contribution >= 4 is 29.0 Å². The highest BCUT2D eigenvalue weighted by Gasteiger charge is 2.38. The maximum absolute atomic E-state index is 13.7. The van der Waals surface area contributed by atoms with Gasteiger partial charge < -0.3 is 10.1 Å². The van der Waals surface area contributed by atoms with Crippen LogP contribution in [0.15, 0.2) is 134 Å². The summed E-state index contributed by atoms with van der Waals surface area (Å²) in [5, 5.41) is 11.0. The van der Waals surface area contributed by atoms with E-state index in [2.05, 4.69) is 35.5 Å². The maximum Gasteiger partial charge on any atom is 0.421 e. The number of aromatic nitrogens is 8. The van der Waals surface area contributed by atoms with Crippen LogP contribution in [0.5, 0.6) is 0 Å². The molecule has 1 amide bonds. The van der Waals surface area contributed by atoms with Gasteiger partial charge in [-0.25, -0.2) is 14.8 Å². The third-order valence-electron chi connectivity index (χ3n) is 8.83. The molecule has 0 fully saturated rings. The standard InChI is InChI=1S/C24H22F3N5O2.C19H14F3N5/c1-23(2,3)34-22(33)31(15-16-8-7-11-28-13-16)20-12-19(17-9-5-4-6-10-17)30-21-18(24(25,26)27)14-29-32(20)21;20-19(21,22)15-12-25-27-17(24-11-13-5-4-8-23-10-13)9-16(26-18(15)27)14-6-2-1-3-7-14/h4-14H,15H2,1-3H3;1-10,12,24H,11H2. The molecule has 2 aromatic carbocycles. The lowest BCUT2D eigenvalue weighted by Gasteiger charge is -2.28. The second kappa shape index (κ2) is 17.1. The highest BCUT2D eigenvalue weighted by Crippen LogP contribution is 2.36. The normalized spacial score (nSPS) is 11.9. The smallest absolute Gasteiger partial charge is 0.421 e. The average molecular weight is 839 g/mol. The molecule has 0 bridgehead atoms. The molecule has 0 aliphatic rings. The predicted octanol–water partition coefficient (Wildman–Crippen LogP) is 10.2. The largest absolute Gasteiger partial charge is 0.443 e. The second-order valence-electron chi connectivity index (χ2n) is 14.5. The Morgan fingerprint density at radius 3 is 1.67 bits per heavy atom. The van der Waals surface area contributed by atoms with Crippen molar-refractivity contribution in [3.63, 3.8) is 0 Å². The highest BCUT2D eigenvalue weighted by molar-refractivity contribution is 5.88. The van der Waals surface area contributed by atoms with Crippen molar-refractivity contribution in [2.24, 2.45) is 0 Å². The van der Waals surface area contributed by atoms with Crippen LogP contribution in [0.4, 0.5) is 42.8 Å². The molecular weight excluding hydrogens is 803 g/mol. The second-order valence-corrected chi connectivity index (χ2v) is 14.5. The topological polar surface area (TPSA) is 128 Å². The molecule has 6 heterocycles. The molecule has 0 unspecified atom stereocenters. The molecule has 8 aromatic rings. The first-order chi connectivity index (χ1) is 29.0. The summed E-state index contributed by atoms with van der Waals surface area (Å²) in [6.45, 7) is 5.51. The molecule has 0 aliphatic carbocycles. The number of hydrogen-bond donors (Lipinski definition) is 1. The summed E-state index contributed by atoms with van der Waals surface area (Å²) >= 11 is 0. The first kappa shape index (κ1) is 41.8. The minimum Gasteiger partial charge on any atom is -0.443 e. The van der Waals surface area contributed by atoms with Gasteiger partial charge >= 0.3 is 18.4 Å². The Balaban J connectivity index is 0.000000189. The first-order valence-corrected chi connectivity index (χ1v) is 18.6. The van der Waals surface area contributed by atoms with E-state index in [9.17, 15) is 31.1 Å². The van der Waals surface area contributed by atoms with Crippen molar-refractivity contribution in [2.75, 3.05) is 10.2 Å². The number of halogens is 6. The van der Waals surface area contributed by atoms with Crippen LogP contribution in [-0.2, 0) is 30.2 Å². The zero-order valence-electron chi connectivity index (χ0n) is 32.7. The summed E-state index contributed by atoms with van der Waals surface area (Å²) < 4.78 is 89.0. The number of benzene rings is 2. The van der Waals surface area contributed by atoms with Gasteiger partial charge in [-0.05, 0) is 44.0 Å². The van der Waals surface area contributed by atoms with Crippen LogP contribution in [0.3, 0.4) is 0 Å². The van der Waals surface area contributed by atoms with E-state index < -0.39 is 40.8 Å². The molecule has 61 heavy (non-hydrogen) atoms. The number of amides is 1. The van der Waals surface area contributed by atoms with Gasteiger partial charge in [0.15, 0.2) is 11.3 Å². The van der Waals surface area contributed by atoms with E-state index in [4.69, 9.17) is 4.74 Å². The summed E-state index contributed by atoms with van der Waals surface area (Å²) in [6, 6.07) is 28.1. The van der Waals surface area contributed by atoms with E-state index in [1.807, 2.05) is 24.3 Å². The Hall–Kier alpha value is -7.37. The number of nitrogens with one attached hydrogen (secondary N) is 1. The van der Waals surface area contributed by atoms with E-state index in [0.29, 0.717) is 35.4 Å². The van der Waals surface area contributed by atoms with Gasteiger partial charge in [0, 0.05) is 54.6 Å². The number of hydrogen-bond acceptors (Lipinski definition) is 9. The lowest BCUT2D eigenvalue weighted by Crippen LogP contribution is -2.37. The van der Waals surface area contributed by atoms with Gasteiger partial charge in [0.25, 0.3) is 0 Å². The molecule has 0 atom stereocenters. The quantitative estimate of drug-likeness (QED) is 0.149. The van der Waals surface area contributed by atoms with Crippen LogP contribution in [0.25, 0.3) is 33.8 Å². The van der Waals surface area contributed by atoms with Crippen molar-refractivity contribution in [2.45, 2.75) is 51.8 Å². The number of nitrogens with zero attached hydrogens (tertiary/aromatic N) is 9. The summed E-state index contributed by atoms with van der Waals surface area (Å²) in [5.41, 5.74) is 0.194. The van der Waals surface area contributed by atoms with Crippen molar-refractivity contribution in [1.29, 1.82) is 0 Å². The third-order valence-corrected chi connectivity index (χ3v) is 8.83. The molecule has 6 aromatic heterocycles. The molecule has 0 radical (unpaired) electrons. The fourth-order valence-electron chi connectivity index (χ4n) is 6.07. The monoisotopic (exact) mass is 838 g/mol. The minimum atomic E-state index is -4.68. The summed E-state index contributed by atoms with van der Waals surface area (Å²) in [6.07, 6.45) is -1.96.